The number of fused-ring (bicyclic) bond motifs is 1. The first-order valence-electron chi connectivity index (χ1n) is 11.1. The summed E-state index contributed by atoms with van der Waals surface area (Å²) in [5, 5.41) is 5.02. The van der Waals surface area contributed by atoms with Crippen LogP contribution < -0.4 is 19.8 Å². The highest BCUT2D eigenvalue weighted by Gasteiger charge is 2.17. The molecule has 0 bridgehead atoms. The van der Waals surface area contributed by atoms with Crippen molar-refractivity contribution in [3.05, 3.63) is 82.6 Å². The molecule has 7 heteroatoms. The fourth-order valence-corrected chi connectivity index (χ4v) is 3.50. The van der Waals surface area contributed by atoms with Crippen LogP contribution in [0.15, 0.2) is 76.6 Å². The van der Waals surface area contributed by atoms with Crippen LogP contribution in [0.4, 0.5) is 0 Å². The topological polar surface area (TPSA) is 74.9 Å². The molecule has 0 saturated carbocycles. The highest BCUT2D eigenvalue weighted by Crippen LogP contribution is 2.39. The Kier molecular flexibility index (Phi) is 6.92. The van der Waals surface area contributed by atoms with Gasteiger partial charge in [0, 0.05) is 11.1 Å². The Hall–Kier alpha value is -4.13. The first-order chi connectivity index (χ1) is 16.5. The number of para-hydroxylation sites is 1. The maximum absolute atomic E-state index is 13.3. The van der Waals surface area contributed by atoms with Crippen molar-refractivity contribution in [2.24, 2.45) is 5.10 Å². The van der Waals surface area contributed by atoms with Crippen LogP contribution in [0.3, 0.4) is 0 Å². The van der Waals surface area contributed by atoms with E-state index in [1.165, 1.54) is 4.68 Å². The van der Waals surface area contributed by atoms with Gasteiger partial charge in [0.1, 0.15) is 0 Å². The van der Waals surface area contributed by atoms with Crippen molar-refractivity contribution < 1.29 is 14.2 Å². The van der Waals surface area contributed by atoms with E-state index < -0.39 is 0 Å². The smallest absolute Gasteiger partial charge is 0.282 e. The number of ether oxygens (including phenoxy) is 3. The van der Waals surface area contributed by atoms with Gasteiger partial charge < -0.3 is 14.2 Å². The minimum atomic E-state index is -0.253. The standard InChI is InChI=1S/C27H27N3O4/c1-5-18(2)34-25-23(32-3)15-19(16-24(25)33-4)17-28-30-26(20-11-7-6-8-12-20)29-22-14-10-9-13-21(22)27(30)31/h6-18H,5H2,1-4H3/t18-/m0/s1. The molecule has 34 heavy (non-hydrogen) atoms. The quantitative estimate of drug-likeness (QED) is 0.343. The number of nitrogens with zero attached hydrogens (tertiary/aromatic N) is 3. The Morgan fingerprint density at radius 2 is 1.65 bits per heavy atom. The van der Waals surface area contributed by atoms with Crippen LogP contribution in [-0.4, -0.2) is 36.2 Å². The third-order valence-corrected chi connectivity index (χ3v) is 5.48. The summed E-state index contributed by atoms with van der Waals surface area (Å²) in [6, 6.07) is 20.3. The van der Waals surface area contributed by atoms with Crippen molar-refractivity contribution in [1.82, 2.24) is 9.66 Å². The van der Waals surface area contributed by atoms with Gasteiger partial charge in [0.25, 0.3) is 5.56 Å². The Balaban J connectivity index is 1.84. The average molecular weight is 458 g/mol. The summed E-state index contributed by atoms with van der Waals surface area (Å²) in [5.74, 6) is 2.03. The molecule has 0 aliphatic carbocycles. The number of hydrogen-bond donors (Lipinski definition) is 0. The maximum atomic E-state index is 13.3. The van der Waals surface area contributed by atoms with Crippen LogP contribution >= 0.6 is 0 Å². The SMILES string of the molecule is CC[C@H](C)Oc1c(OC)cc(C=Nn2c(-c3ccccc3)nc3ccccc3c2=O)cc1OC. The highest BCUT2D eigenvalue weighted by atomic mass is 16.5. The van der Waals surface area contributed by atoms with Crippen molar-refractivity contribution >= 4 is 17.1 Å². The van der Waals surface area contributed by atoms with Crippen molar-refractivity contribution in [1.29, 1.82) is 0 Å². The highest BCUT2D eigenvalue weighted by molar-refractivity contribution is 5.83. The minimum Gasteiger partial charge on any atom is -0.493 e. The van der Waals surface area contributed by atoms with Crippen LogP contribution in [0, 0.1) is 0 Å². The van der Waals surface area contributed by atoms with E-state index in [9.17, 15) is 4.79 Å². The second-order valence-electron chi connectivity index (χ2n) is 7.77. The Morgan fingerprint density at radius 1 is 1.00 bits per heavy atom. The third-order valence-electron chi connectivity index (χ3n) is 5.48. The lowest BCUT2D eigenvalue weighted by molar-refractivity contribution is 0.198. The van der Waals surface area contributed by atoms with Gasteiger partial charge in [0.05, 0.1) is 37.4 Å². The zero-order valence-corrected chi connectivity index (χ0v) is 19.7. The fraction of sp³-hybridized carbons (Fsp3) is 0.222. The molecular formula is C27H27N3O4. The summed E-state index contributed by atoms with van der Waals surface area (Å²) in [4.78, 5) is 18.1. The Labute approximate surface area is 198 Å². The lowest BCUT2D eigenvalue weighted by Gasteiger charge is -2.18. The molecule has 0 spiro atoms. The summed E-state index contributed by atoms with van der Waals surface area (Å²) < 4.78 is 18.4. The van der Waals surface area contributed by atoms with E-state index >= 15 is 0 Å². The monoisotopic (exact) mass is 457 g/mol. The zero-order chi connectivity index (χ0) is 24.1. The number of rotatable bonds is 8. The van der Waals surface area contributed by atoms with Gasteiger partial charge in [-0.05, 0) is 37.6 Å². The van der Waals surface area contributed by atoms with Gasteiger partial charge in [-0.25, -0.2) is 4.98 Å². The van der Waals surface area contributed by atoms with Crippen LogP contribution in [0.5, 0.6) is 17.2 Å². The van der Waals surface area contributed by atoms with Crippen LogP contribution in [0.25, 0.3) is 22.3 Å². The molecule has 0 amide bonds. The molecule has 1 atom stereocenters. The summed E-state index contributed by atoms with van der Waals surface area (Å²) in [6.45, 7) is 4.03. The Morgan fingerprint density at radius 3 is 2.29 bits per heavy atom. The van der Waals surface area contributed by atoms with E-state index in [2.05, 4.69) is 5.10 Å². The molecule has 174 valence electrons. The average Bonchev–Trinajstić information content (AvgIpc) is 2.88. The van der Waals surface area contributed by atoms with E-state index in [1.54, 1.807) is 38.6 Å². The van der Waals surface area contributed by atoms with Gasteiger partial charge in [-0.1, -0.05) is 49.4 Å². The molecule has 3 aromatic carbocycles. The predicted molar refractivity (Wildman–Crippen MR) is 134 cm³/mol. The molecule has 0 aliphatic heterocycles. The molecule has 4 aromatic rings. The normalized spacial score (nSPS) is 12.1. The molecule has 0 saturated heterocycles. The van der Waals surface area contributed by atoms with Crippen molar-refractivity contribution in [2.75, 3.05) is 14.2 Å². The van der Waals surface area contributed by atoms with Gasteiger partial charge in [-0.2, -0.15) is 9.78 Å². The Bertz CT molecular complexity index is 1360. The molecular weight excluding hydrogens is 430 g/mol. The first-order valence-corrected chi connectivity index (χ1v) is 11.1. The van der Waals surface area contributed by atoms with Crippen molar-refractivity contribution in [3.8, 4) is 28.6 Å². The molecule has 1 heterocycles. The maximum Gasteiger partial charge on any atom is 0.282 e. The summed E-state index contributed by atoms with van der Waals surface area (Å²) in [5.41, 5.74) is 1.84. The minimum absolute atomic E-state index is 0.00185. The summed E-state index contributed by atoms with van der Waals surface area (Å²) >= 11 is 0. The van der Waals surface area contributed by atoms with Crippen LogP contribution in [-0.2, 0) is 0 Å². The van der Waals surface area contributed by atoms with Gasteiger partial charge in [-0.15, -0.1) is 0 Å². The van der Waals surface area contributed by atoms with Gasteiger partial charge in [-0.3, -0.25) is 4.79 Å². The van der Waals surface area contributed by atoms with Crippen LogP contribution in [0.1, 0.15) is 25.8 Å². The van der Waals surface area contributed by atoms with E-state index in [-0.39, 0.29) is 11.7 Å². The number of methoxy groups -OCH3 is 2. The molecule has 0 unspecified atom stereocenters. The zero-order valence-electron chi connectivity index (χ0n) is 19.7. The fourth-order valence-electron chi connectivity index (χ4n) is 3.50. The molecule has 0 radical (unpaired) electrons. The number of aromatic nitrogens is 2. The molecule has 0 N–H and O–H groups in total. The van der Waals surface area contributed by atoms with Crippen LogP contribution in [0.2, 0.25) is 0 Å². The van der Waals surface area contributed by atoms with Gasteiger partial charge in [0.2, 0.25) is 5.75 Å². The lowest BCUT2D eigenvalue weighted by atomic mass is 10.2. The molecule has 0 fully saturated rings. The molecule has 4 rings (SSSR count). The van der Waals surface area contributed by atoms with E-state index in [1.807, 2.05) is 62.4 Å². The van der Waals surface area contributed by atoms with Crippen molar-refractivity contribution in [2.45, 2.75) is 26.4 Å². The van der Waals surface area contributed by atoms with E-state index in [0.717, 1.165) is 12.0 Å². The molecule has 0 aliphatic rings. The lowest BCUT2D eigenvalue weighted by Crippen LogP contribution is -2.20. The predicted octanol–water partition coefficient (Wildman–Crippen LogP) is 5.14. The summed E-state index contributed by atoms with van der Waals surface area (Å²) in [7, 11) is 3.15. The second-order valence-corrected chi connectivity index (χ2v) is 7.77. The molecule has 1 aromatic heterocycles. The van der Waals surface area contributed by atoms with Gasteiger partial charge >= 0.3 is 0 Å². The number of benzene rings is 3. The van der Waals surface area contributed by atoms with E-state index in [4.69, 9.17) is 19.2 Å². The first kappa shape index (κ1) is 23.0. The molecule has 7 nitrogen and oxygen atoms in total. The number of hydrogen-bond acceptors (Lipinski definition) is 6. The van der Waals surface area contributed by atoms with Crippen molar-refractivity contribution in [3.63, 3.8) is 0 Å². The van der Waals surface area contributed by atoms with Gasteiger partial charge in [0.15, 0.2) is 17.3 Å². The summed E-state index contributed by atoms with van der Waals surface area (Å²) in [6.07, 6.45) is 2.43. The third kappa shape index (κ3) is 4.64. The largest absolute Gasteiger partial charge is 0.493 e. The second kappa shape index (κ2) is 10.2. The van der Waals surface area contributed by atoms with E-state index in [0.29, 0.717) is 39.5 Å².